The highest BCUT2D eigenvalue weighted by atomic mass is 16.6. The summed E-state index contributed by atoms with van der Waals surface area (Å²) in [7, 11) is 0. The highest BCUT2D eigenvalue weighted by Gasteiger charge is 2.16. The largest absolute Gasteiger partial charge is 0.462 e. The molecule has 0 aliphatic heterocycles. The molecule has 0 aromatic carbocycles. The summed E-state index contributed by atoms with van der Waals surface area (Å²) in [6, 6.07) is 0. The Balaban J connectivity index is 3.63. The Kier molecular flexibility index (Phi) is 39.1. The first-order chi connectivity index (χ1) is 24.6. The SMILES string of the molecule is CCCCCC=CCC=CCC=CCC=CCCCCCC(=O)OC[C@H](CO)OC(=O)CCCCCCCCCC=CCCCCCCCC. The van der Waals surface area contributed by atoms with Gasteiger partial charge in [0.25, 0.3) is 0 Å². The summed E-state index contributed by atoms with van der Waals surface area (Å²) >= 11 is 0. The van der Waals surface area contributed by atoms with E-state index in [4.69, 9.17) is 9.47 Å². The number of allylic oxidation sites excluding steroid dienone is 10. The van der Waals surface area contributed by atoms with Crippen molar-refractivity contribution in [1.82, 2.24) is 0 Å². The van der Waals surface area contributed by atoms with Crippen molar-refractivity contribution in [2.75, 3.05) is 13.2 Å². The Morgan fingerprint density at radius 2 is 0.800 bits per heavy atom. The molecule has 0 aromatic rings. The summed E-state index contributed by atoms with van der Waals surface area (Å²) in [5, 5.41) is 9.56. The highest BCUT2D eigenvalue weighted by molar-refractivity contribution is 5.70. The van der Waals surface area contributed by atoms with Crippen molar-refractivity contribution < 1.29 is 24.2 Å². The number of carbonyl (C=O) groups excluding carboxylic acids is 2. The van der Waals surface area contributed by atoms with Crippen molar-refractivity contribution in [2.45, 2.75) is 200 Å². The second-order valence-corrected chi connectivity index (χ2v) is 13.7. The molecule has 5 nitrogen and oxygen atoms in total. The van der Waals surface area contributed by atoms with Gasteiger partial charge in [-0.2, -0.15) is 0 Å². The molecule has 0 heterocycles. The lowest BCUT2D eigenvalue weighted by Crippen LogP contribution is -2.28. The minimum atomic E-state index is -0.788. The van der Waals surface area contributed by atoms with Crippen molar-refractivity contribution in [1.29, 1.82) is 0 Å². The first-order valence-electron chi connectivity index (χ1n) is 20.8. The van der Waals surface area contributed by atoms with Crippen molar-refractivity contribution >= 4 is 11.9 Å². The van der Waals surface area contributed by atoms with Crippen molar-refractivity contribution in [3.8, 4) is 0 Å². The van der Waals surface area contributed by atoms with E-state index >= 15 is 0 Å². The van der Waals surface area contributed by atoms with Crippen molar-refractivity contribution in [3.63, 3.8) is 0 Å². The van der Waals surface area contributed by atoms with Gasteiger partial charge in [-0.05, 0) is 83.5 Å². The molecule has 0 saturated heterocycles. The zero-order valence-corrected chi connectivity index (χ0v) is 32.6. The lowest BCUT2D eigenvalue weighted by Gasteiger charge is -2.15. The molecule has 0 saturated carbocycles. The molecule has 0 radical (unpaired) electrons. The predicted octanol–water partition coefficient (Wildman–Crippen LogP) is 13.2. The second kappa shape index (κ2) is 41.0. The molecular formula is C45H78O5. The Bertz CT molecular complexity index is 884. The number of rotatable bonds is 37. The van der Waals surface area contributed by atoms with Crippen LogP contribution < -0.4 is 0 Å². The zero-order valence-electron chi connectivity index (χ0n) is 32.6. The molecular weight excluding hydrogens is 620 g/mol. The average molecular weight is 699 g/mol. The van der Waals surface area contributed by atoms with Crippen LogP contribution in [0.2, 0.25) is 0 Å². The molecule has 50 heavy (non-hydrogen) atoms. The summed E-state index contributed by atoms with van der Waals surface area (Å²) in [6.45, 7) is 4.07. The van der Waals surface area contributed by atoms with E-state index in [9.17, 15) is 14.7 Å². The van der Waals surface area contributed by atoms with E-state index < -0.39 is 6.10 Å². The van der Waals surface area contributed by atoms with Gasteiger partial charge in [0.2, 0.25) is 0 Å². The summed E-state index contributed by atoms with van der Waals surface area (Å²) in [4.78, 5) is 24.3. The second-order valence-electron chi connectivity index (χ2n) is 13.7. The third kappa shape index (κ3) is 38.4. The van der Waals surface area contributed by atoms with Crippen LogP contribution in [0.15, 0.2) is 60.8 Å². The monoisotopic (exact) mass is 699 g/mol. The van der Waals surface area contributed by atoms with Gasteiger partial charge in [0.05, 0.1) is 6.61 Å². The summed E-state index contributed by atoms with van der Waals surface area (Å²) in [5.41, 5.74) is 0. The van der Waals surface area contributed by atoms with Crippen LogP contribution in [0, 0.1) is 0 Å². The number of hydrogen-bond donors (Lipinski definition) is 1. The van der Waals surface area contributed by atoms with Crippen LogP contribution in [0.5, 0.6) is 0 Å². The molecule has 1 N–H and O–H groups in total. The van der Waals surface area contributed by atoms with E-state index in [0.717, 1.165) is 64.2 Å². The summed E-state index contributed by atoms with van der Waals surface area (Å²) in [5.74, 6) is -0.633. The Morgan fingerprint density at radius 3 is 1.28 bits per heavy atom. The van der Waals surface area contributed by atoms with E-state index in [1.54, 1.807) is 0 Å². The predicted molar refractivity (Wildman–Crippen MR) is 214 cm³/mol. The Hall–Kier alpha value is -2.40. The highest BCUT2D eigenvalue weighted by Crippen LogP contribution is 2.12. The third-order valence-electron chi connectivity index (χ3n) is 8.78. The van der Waals surface area contributed by atoms with Gasteiger partial charge in [-0.1, -0.05) is 158 Å². The number of unbranched alkanes of at least 4 members (excludes halogenated alkanes) is 19. The van der Waals surface area contributed by atoms with Gasteiger partial charge < -0.3 is 14.6 Å². The molecule has 0 aromatic heterocycles. The molecule has 288 valence electrons. The van der Waals surface area contributed by atoms with Gasteiger partial charge in [-0.3, -0.25) is 9.59 Å². The van der Waals surface area contributed by atoms with Crippen molar-refractivity contribution in [2.24, 2.45) is 0 Å². The molecule has 0 amide bonds. The van der Waals surface area contributed by atoms with E-state index in [-0.39, 0.29) is 25.2 Å². The van der Waals surface area contributed by atoms with E-state index in [0.29, 0.717) is 12.8 Å². The normalized spacial score (nSPS) is 12.8. The fourth-order valence-corrected chi connectivity index (χ4v) is 5.59. The number of ether oxygens (including phenoxy) is 2. The number of aliphatic hydroxyl groups is 1. The van der Waals surface area contributed by atoms with Crippen LogP contribution in [-0.4, -0.2) is 36.4 Å². The Labute approximate surface area is 309 Å². The first-order valence-corrected chi connectivity index (χ1v) is 20.8. The van der Waals surface area contributed by atoms with Gasteiger partial charge in [-0.25, -0.2) is 0 Å². The number of aliphatic hydroxyl groups excluding tert-OH is 1. The standard InChI is InChI=1S/C45H78O5/c1-3-5-7-9-11-13-15-17-19-21-22-24-25-27-29-31-33-35-37-39-44(47)49-42-43(41-46)50-45(48)40-38-36-34-32-30-28-26-23-20-18-16-14-12-10-8-6-4-2/h11,13,17-20,22,24,27,29,43,46H,3-10,12,14-16,21,23,25-26,28,30-42H2,1-2H3/t43-/m0/s1. The average Bonchev–Trinajstić information content (AvgIpc) is 3.12. The molecule has 0 aliphatic rings. The van der Waals surface area contributed by atoms with E-state index in [2.05, 4.69) is 74.6 Å². The van der Waals surface area contributed by atoms with E-state index in [1.807, 2.05) is 0 Å². The maximum Gasteiger partial charge on any atom is 0.306 e. The molecule has 0 fully saturated rings. The van der Waals surface area contributed by atoms with E-state index in [1.165, 1.54) is 103 Å². The molecule has 0 aliphatic carbocycles. The molecule has 0 rings (SSSR count). The third-order valence-corrected chi connectivity index (χ3v) is 8.78. The van der Waals surface area contributed by atoms with Crippen LogP contribution in [0.1, 0.15) is 194 Å². The van der Waals surface area contributed by atoms with Gasteiger partial charge in [0, 0.05) is 12.8 Å². The Morgan fingerprint density at radius 1 is 0.460 bits per heavy atom. The minimum Gasteiger partial charge on any atom is -0.462 e. The molecule has 0 spiro atoms. The van der Waals surface area contributed by atoms with Crippen LogP contribution in [0.4, 0.5) is 0 Å². The minimum absolute atomic E-state index is 0.0858. The maximum atomic E-state index is 12.2. The molecule has 0 unspecified atom stereocenters. The first kappa shape index (κ1) is 47.6. The quantitative estimate of drug-likeness (QED) is 0.0397. The number of esters is 2. The van der Waals surface area contributed by atoms with Crippen LogP contribution in [-0.2, 0) is 19.1 Å². The van der Waals surface area contributed by atoms with Gasteiger partial charge in [0.15, 0.2) is 6.10 Å². The van der Waals surface area contributed by atoms with Gasteiger partial charge >= 0.3 is 11.9 Å². The zero-order chi connectivity index (χ0) is 36.4. The lowest BCUT2D eigenvalue weighted by molar-refractivity contribution is -0.161. The lowest BCUT2D eigenvalue weighted by atomic mass is 10.1. The summed E-state index contributed by atoms with van der Waals surface area (Å²) < 4.78 is 10.6. The van der Waals surface area contributed by atoms with Gasteiger partial charge in [0.1, 0.15) is 6.61 Å². The van der Waals surface area contributed by atoms with Crippen LogP contribution in [0.3, 0.4) is 0 Å². The number of hydrogen-bond acceptors (Lipinski definition) is 5. The fourth-order valence-electron chi connectivity index (χ4n) is 5.59. The fraction of sp³-hybridized carbons (Fsp3) is 0.733. The van der Waals surface area contributed by atoms with Crippen molar-refractivity contribution in [3.05, 3.63) is 60.8 Å². The van der Waals surface area contributed by atoms with Crippen LogP contribution >= 0.6 is 0 Å². The van der Waals surface area contributed by atoms with Crippen LogP contribution in [0.25, 0.3) is 0 Å². The summed E-state index contributed by atoms with van der Waals surface area (Å²) in [6.07, 6.45) is 52.8. The van der Waals surface area contributed by atoms with Gasteiger partial charge in [-0.15, -0.1) is 0 Å². The maximum absolute atomic E-state index is 12.2. The molecule has 5 heteroatoms. The smallest absolute Gasteiger partial charge is 0.306 e. The molecule has 1 atom stereocenters. The molecule has 0 bridgehead atoms. The number of carbonyl (C=O) groups is 2. The topological polar surface area (TPSA) is 72.8 Å².